The number of fused-ring (bicyclic) bond motifs is 1. The van der Waals surface area contributed by atoms with Crippen molar-refractivity contribution in [2.75, 3.05) is 0 Å². The number of hydrogen-bond donors (Lipinski definition) is 1. The van der Waals surface area contributed by atoms with Crippen LogP contribution >= 0.6 is 22.7 Å². The number of rotatable bonds is 5. The highest BCUT2D eigenvalue weighted by Gasteiger charge is 2.19. The average Bonchev–Trinajstić information content (AvgIpc) is 3.32. The molecule has 4 aromatic heterocycles. The molecule has 0 aliphatic rings. The first-order valence-electron chi connectivity index (χ1n) is 8.01. The summed E-state index contributed by atoms with van der Waals surface area (Å²) in [5, 5.41) is 8.84. The zero-order chi connectivity index (χ0) is 18.1. The molecule has 8 nitrogen and oxygen atoms in total. The Morgan fingerprint density at radius 1 is 1.23 bits per heavy atom. The topological polar surface area (TPSA) is 98.0 Å². The fraction of sp³-hybridized carbons (Fsp3) is 0.250. The zero-order valence-corrected chi connectivity index (χ0v) is 15.8. The second kappa shape index (κ2) is 6.89. The van der Waals surface area contributed by atoms with Crippen molar-refractivity contribution in [1.29, 1.82) is 0 Å². The van der Waals surface area contributed by atoms with Crippen molar-refractivity contribution in [3.05, 3.63) is 45.9 Å². The number of thiazole rings is 1. The average molecular weight is 385 g/mol. The van der Waals surface area contributed by atoms with Gasteiger partial charge in [0.05, 0.1) is 24.1 Å². The van der Waals surface area contributed by atoms with E-state index in [-0.39, 0.29) is 5.91 Å². The van der Waals surface area contributed by atoms with Gasteiger partial charge in [-0.25, -0.2) is 24.5 Å². The van der Waals surface area contributed by atoms with Gasteiger partial charge in [-0.15, -0.1) is 11.3 Å². The lowest BCUT2D eigenvalue weighted by Crippen LogP contribution is -2.23. The van der Waals surface area contributed by atoms with Crippen LogP contribution in [0.2, 0.25) is 0 Å². The number of carbonyl (C=O) groups is 1. The molecule has 10 heteroatoms. The zero-order valence-electron chi connectivity index (χ0n) is 14.1. The third kappa shape index (κ3) is 3.20. The number of aryl methyl sites for hydroxylation is 2. The molecule has 4 rings (SSSR count). The van der Waals surface area contributed by atoms with Crippen LogP contribution in [0, 0.1) is 6.92 Å². The highest BCUT2D eigenvalue weighted by atomic mass is 32.1. The molecule has 0 saturated carbocycles. The molecule has 0 aromatic carbocycles. The van der Waals surface area contributed by atoms with E-state index in [4.69, 9.17) is 0 Å². The Hall–Kier alpha value is -2.72. The van der Waals surface area contributed by atoms with E-state index in [1.54, 1.807) is 23.0 Å². The molecule has 4 aromatic rings. The summed E-state index contributed by atoms with van der Waals surface area (Å²) in [6.07, 6.45) is 5.82. The minimum Gasteiger partial charge on any atom is -0.346 e. The van der Waals surface area contributed by atoms with Gasteiger partial charge < -0.3 is 5.32 Å². The van der Waals surface area contributed by atoms with Crippen LogP contribution in [0.3, 0.4) is 0 Å². The van der Waals surface area contributed by atoms with Gasteiger partial charge in [0.15, 0.2) is 10.8 Å². The summed E-state index contributed by atoms with van der Waals surface area (Å²) in [7, 11) is 0. The Morgan fingerprint density at radius 3 is 2.77 bits per heavy atom. The maximum atomic E-state index is 12.6. The van der Waals surface area contributed by atoms with Crippen molar-refractivity contribution in [2.45, 2.75) is 26.8 Å². The molecule has 26 heavy (non-hydrogen) atoms. The van der Waals surface area contributed by atoms with Gasteiger partial charge in [0.25, 0.3) is 5.91 Å². The maximum absolute atomic E-state index is 12.6. The molecule has 0 spiro atoms. The fourth-order valence-corrected chi connectivity index (χ4v) is 4.22. The first kappa shape index (κ1) is 16.7. The van der Waals surface area contributed by atoms with Gasteiger partial charge in [-0.1, -0.05) is 18.3 Å². The van der Waals surface area contributed by atoms with E-state index in [9.17, 15) is 4.79 Å². The van der Waals surface area contributed by atoms with Crippen molar-refractivity contribution >= 4 is 33.5 Å². The third-order valence-corrected chi connectivity index (χ3v) is 5.55. The predicted octanol–water partition coefficient (Wildman–Crippen LogP) is 2.51. The van der Waals surface area contributed by atoms with Crippen LogP contribution < -0.4 is 5.32 Å². The normalized spacial score (nSPS) is 11.2. The van der Waals surface area contributed by atoms with Crippen molar-refractivity contribution < 1.29 is 4.79 Å². The van der Waals surface area contributed by atoms with Crippen LogP contribution in [-0.2, 0) is 13.0 Å². The minimum absolute atomic E-state index is 0.165. The molecule has 0 fully saturated rings. The van der Waals surface area contributed by atoms with Crippen molar-refractivity contribution in [1.82, 2.24) is 34.9 Å². The summed E-state index contributed by atoms with van der Waals surface area (Å²) in [5.41, 5.74) is 1.52. The first-order chi connectivity index (χ1) is 12.6. The van der Waals surface area contributed by atoms with Crippen molar-refractivity contribution in [2.24, 2.45) is 0 Å². The van der Waals surface area contributed by atoms with Gasteiger partial charge >= 0.3 is 0 Å². The molecule has 132 valence electrons. The summed E-state index contributed by atoms with van der Waals surface area (Å²) in [5.74, 6) is 0.365. The molecule has 0 radical (unpaired) electrons. The van der Waals surface area contributed by atoms with Gasteiger partial charge in [-0.2, -0.15) is 5.10 Å². The number of amides is 1. The number of carbonyl (C=O) groups excluding carboxylic acids is 1. The van der Waals surface area contributed by atoms with E-state index in [2.05, 4.69) is 30.4 Å². The Labute approximate surface area is 157 Å². The molecule has 0 saturated heterocycles. The lowest BCUT2D eigenvalue weighted by molar-refractivity contribution is 0.0953. The molecule has 0 aliphatic carbocycles. The van der Waals surface area contributed by atoms with Gasteiger partial charge in [-0.3, -0.25) is 4.79 Å². The molecular formula is C16H15N7OS2. The minimum atomic E-state index is -0.165. The standard InChI is InChI=1S/C16H15N7OS2/c1-3-11-12(26-15(21-11)13-17-5-4-6-18-13)14(24)19-7-10-8-23-16(20-10)25-9(2)22-23/h4-6,8H,3,7H2,1-2H3,(H,19,24). The number of nitrogens with one attached hydrogen (secondary N) is 1. The van der Waals surface area contributed by atoms with E-state index in [1.165, 1.54) is 22.7 Å². The second-order valence-corrected chi connectivity index (χ2v) is 7.64. The van der Waals surface area contributed by atoms with Crippen molar-refractivity contribution in [3.8, 4) is 10.8 Å². The number of hydrogen-bond acceptors (Lipinski definition) is 8. The third-order valence-electron chi connectivity index (χ3n) is 3.62. The Bertz CT molecular complexity index is 1040. The molecular weight excluding hydrogens is 370 g/mol. The molecule has 1 N–H and O–H groups in total. The number of aromatic nitrogens is 6. The van der Waals surface area contributed by atoms with Crippen LogP contribution in [0.25, 0.3) is 15.8 Å². The van der Waals surface area contributed by atoms with E-state index >= 15 is 0 Å². The van der Waals surface area contributed by atoms with Gasteiger partial charge in [0.1, 0.15) is 9.88 Å². The fourth-order valence-electron chi connectivity index (χ4n) is 2.46. The van der Waals surface area contributed by atoms with E-state index < -0.39 is 0 Å². The molecule has 0 unspecified atom stereocenters. The Kier molecular flexibility index (Phi) is 4.43. The van der Waals surface area contributed by atoms with Gasteiger partial charge in [0, 0.05) is 12.4 Å². The lowest BCUT2D eigenvalue weighted by Gasteiger charge is -2.02. The largest absolute Gasteiger partial charge is 0.346 e. The summed E-state index contributed by atoms with van der Waals surface area (Å²) in [4.78, 5) is 31.4. The Morgan fingerprint density at radius 2 is 2.04 bits per heavy atom. The maximum Gasteiger partial charge on any atom is 0.263 e. The van der Waals surface area contributed by atoms with E-state index in [0.717, 1.165) is 21.4 Å². The van der Waals surface area contributed by atoms with Crippen LogP contribution in [-0.4, -0.2) is 35.5 Å². The summed E-state index contributed by atoms with van der Waals surface area (Å²) in [6, 6.07) is 1.75. The number of imidazole rings is 1. The summed E-state index contributed by atoms with van der Waals surface area (Å²) >= 11 is 2.82. The monoisotopic (exact) mass is 385 g/mol. The van der Waals surface area contributed by atoms with Crippen LogP contribution in [0.1, 0.15) is 33.0 Å². The SMILES string of the molecule is CCc1nc(-c2ncccn2)sc1C(=O)NCc1cn2nc(C)sc2n1. The molecule has 4 heterocycles. The van der Waals surface area contributed by atoms with Crippen LogP contribution in [0.5, 0.6) is 0 Å². The molecule has 1 amide bonds. The van der Waals surface area contributed by atoms with E-state index in [1.807, 2.05) is 20.0 Å². The highest BCUT2D eigenvalue weighted by Crippen LogP contribution is 2.26. The summed E-state index contributed by atoms with van der Waals surface area (Å²) in [6.45, 7) is 4.25. The van der Waals surface area contributed by atoms with Gasteiger partial charge in [0.2, 0.25) is 4.96 Å². The van der Waals surface area contributed by atoms with Crippen molar-refractivity contribution in [3.63, 3.8) is 0 Å². The molecule has 0 bridgehead atoms. The van der Waals surface area contributed by atoms with Crippen LogP contribution in [0.4, 0.5) is 0 Å². The summed E-state index contributed by atoms with van der Waals surface area (Å²) < 4.78 is 1.73. The van der Waals surface area contributed by atoms with E-state index in [0.29, 0.717) is 28.7 Å². The lowest BCUT2D eigenvalue weighted by atomic mass is 10.3. The molecule has 0 aliphatic heterocycles. The quantitative estimate of drug-likeness (QED) is 0.567. The number of nitrogens with zero attached hydrogens (tertiary/aromatic N) is 6. The second-order valence-electron chi connectivity index (χ2n) is 5.48. The smallest absolute Gasteiger partial charge is 0.263 e. The van der Waals surface area contributed by atoms with Crippen LogP contribution in [0.15, 0.2) is 24.7 Å². The highest BCUT2D eigenvalue weighted by molar-refractivity contribution is 7.17. The predicted molar refractivity (Wildman–Crippen MR) is 99.3 cm³/mol. The van der Waals surface area contributed by atoms with Gasteiger partial charge in [-0.05, 0) is 19.4 Å². The Balaban J connectivity index is 1.51. The molecule has 0 atom stereocenters. The first-order valence-corrected chi connectivity index (χ1v) is 9.64.